The number of aromatic amines is 2. The molecule has 460 valence electrons. The Labute approximate surface area is 499 Å². The average Bonchev–Trinajstić information content (AvgIpc) is 0.907. The molecule has 1 unspecified atom stereocenters. The second-order valence-corrected chi connectivity index (χ2v) is 22.2. The molecular weight excluding hydrogens is 1180 g/mol. The molecule has 5 heterocycles. The van der Waals surface area contributed by atoms with E-state index in [-0.39, 0.29) is 17.5 Å². The first-order valence-electron chi connectivity index (χ1n) is 27.6. The molecule has 0 spiro atoms. The van der Waals surface area contributed by atoms with Crippen LogP contribution in [0.3, 0.4) is 0 Å². The van der Waals surface area contributed by atoms with E-state index in [9.17, 15) is 45.5 Å². The highest BCUT2D eigenvalue weighted by Crippen LogP contribution is 2.56. The molecular formula is C63H57F6N4O14P. The van der Waals surface area contributed by atoms with E-state index in [0.29, 0.717) is 56.4 Å². The number of rotatable bonds is 20. The lowest BCUT2D eigenvalue weighted by Gasteiger charge is -2.42. The molecule has 0 radical (unpaired) electrons. The molecule has 88 heavy (non-hydrogen) atoms. The number of para-hydroxylation sites is 2. The quantitative estimate of drug-likeness (QED) is 0.0414. The minimum atomic E-state index is -6.09. The highest BCUT2D eigenvalue weighted by atomic mass is 31.2. The minimum absolute atomic E-state index is 0.0577. The summed E-state index contributed by atoms with van der Waals surface area (Å²) < 4.78 is 154. The van der Waals surface area contributed by atoms with Crippen molar-refractivity contribution in [3.8, 4) is 23.0 Å². The van der Waals surface area contributed by atoms with Gasteiger partial charge < -0.3 is 42.2 Å². The van der Waals surface area contributed by atoms with E-state index in [1.165, 1.54) is 40.5 Å². The van der Waals surface area contributed by atoms with E-state index >= 15 is 0 Å². The van der Waals surface area contributed by atoms with E-state index < -0.39 is 117 Å². The number of ether oxygens (including phenoxy) is 7. The van der Waals surface area contributed by atoms with Crippen molar-refractivity contribution in [2.45, 2.75) is 93.2 Å². The normalized spacial score (nSPS) is 20.3. The zero-order chi connectivity index (χ0) is 62.1. The Morgan fingerprint density at radius 3 is 1.51 bits per heavy atom. The van der Waals surface area contributed by atoms with Crippen molar-refractivity contribution in [2.75, 3.05) is 27.4 Å². The van der Waals surface area contributed by atoms with Gasteiger partial charge in [-0.15, -0.1) is 0 Å². The molecule has 7 atom stereocenters. The monoisotopic (exact) mass is 1240 g/mol. The van der Waals surface area contributed by atoms with Gasteiger partial charge in [-0.25, -0.2) is 9.59 Å². The van der Waals surface area contributed by atoms with E-state index in [2.05, 4.69) is 9.97 Å². The van der Waals surface area contributed by atoms with Crippen LogP contribution in [0.15, 0.2) is 189 Å². The number of methoxy groups -OCH3 is 2. The molecule has 18 nitrogen and oxygen atoms in total. The van der Waals surface area contributed by atoms with E-state index in [1.807, 2.05) is 0 Å². The molecule has 0 bridgehead atoms. The van der Waals surface area contributed by atoms with Crippen molar-refractivity contribution in [3.63, 3.8) is 0 Å². The van der Waals surface area contributed by atoms with E-state index in [0.717, 1.165) is 9.13 Å². The molecule has 2 N–H and O–H groups in total. The summed E-state index contributed by atoms with van der Waals surface area (Å²) >= 11 is 0. The second-order valence-electron chi connectivity index (χ2n) is 21.0. The van der Waals surface area contributed by atoms with Crippen LogP contribution in [0.2, 0.25) is 0 Å². The van der Waals surface area contributed by atoms with Crippen LogP contribution in [0.5, 0.6) is 23.0 Å². The van der Waals surface area contributed by atoms with E-state index in [1.54, 1.807) is 158 Å². The lowest BCUT2D eigenvalue weighted by molar-refractivity contribution is -0.302. The smallest absolute Gasteiger partial charge is 0.424 e. The van der Waals surface area contributed by atoms with Gasteiger partial charge in [0.2, 0.25) is 0 Å². The fourth-order valence-corrected chi connectivity index (χ4v) is 12.5. The fraction of sp³-hybridized carbons (Fsp3) is 0.302. The summed E-state index contributed by atoms with van der Waals surface area (Å²) in [4.78, 5) is 57.0. The Bertz CT molecular complexity index is 3890. The van der Waals surface area contributed by atoms with Crippen molar-refractivity contribution in [2.24, 2.45) is 0 Å². The fourth-order valence-electron chi connectivity index (χ4n) is 11.2. The lowest BCUT2D eigenvalue weighted by atomic mass is 9.77. The molecule has 11 rings (SSSR count). The highest BCUT2D eigenvalue weighted by molar-refractivity contribution is 7.41. The van der Waals surface area contributed by atoms with Gasteiger partial charge in [-0.05, 0) is 72.5 Å². The number of halogens is 6. The van der Waals surface area contributed by atoms with Crippen LogP contribution in [0.1, 0.15) is 69.8 Å². The van der Waals surface area contributed by atoms with E-state index in [4.69, 9.17) is 46.7 Å². The first-order chi connectivity index (χ1) is 42.2. The topological polar surface area (TPSA) is 202 Å². The Morgan fingerprint density at radius 1 is 0.580 bits per heavy atom. The SMILES string of the molecule is COc1ccc(C(OC[C@H]2O[C@@H](n3cc(C)c(=O)[nH]c3=O)C[C@@H]2OP(OC[C@H]2O[C@@H](n3cc(C)c(=O)[nH]c3=O)C[C@@H]2OC2(c3ccccc3)c3ccccc3Oc3ccccc32)OC(C(F)(F)F)C(F)(F)F)(c2ccccc2)c2ccc(OC)cc2)cc1. The van der Waals surface area contributed by atoms with Gasteiger partial charge >= 0.3 is 32.3 Å². The number of H-pyrrole nitrogens is 2. The number of nitrogens with one attached hydrogen (secondary N) is 2. The molecule has 6 aromatic carbocycles. The van der Waals surface area contributed by atoms with Crippen molar-refractivity contribution >= 4 is 8.60 Å². The number of hydrogen-bond donors (Lipinski definition) is 2. The summed E-state index contributed by atoms with van der Waals surface area (Å²) in [6.07, 6.45) is -23.5. The van der Waals surface area contributed by atoms with Crippen LogP contribution < -0.4 is 36.7 Å². The maximum Gasteiger partial charge on any atom is 0.424 e. The zero-order valence-electron chi connectivity index (χ0n) is 47.4. The summed E-state index contributed by atoms with van der Waals surface area (Å²) in [7, 11) is -0.873. The second kappa shape index (κ2) is 25.1. The molecule has 2 fully saturated rings. The lowest BCUT2D eigenvalue weighted by Crippen LogP contribution is -2.44. The van der Waals surface area contributed by atoms with Crippen molar-refractivity contribution in [3.05, 3.63) is 256 Å². The molecule has 0 amide bonds. The molecule has 3 aliphatic rings. The van der Waals surface area contributed by atoms with Crippen molar-refractivity contribution in [1.82, 2.24) is 19.1 Å². The summed E-state index contributed by atoms with van der Waals surface area (Å²) in [6.45, 7) is 1.39. The number of fused-ring (bicyclic) bond motifs is 2. The zero-order valence-corrected chi connectivity index (χ0v) is 48.3. The number of hydrogen-bond acceptors (Lipinski definition) is 14. The summed E-state index contributed by atoms with van der Waals surface area (Å²) in [5, 5.41) is 0. The Balaban J connectivity index is 1.00. The van der Waals surface area contributed by atoms with Gasteiger partial charge in [0.1, 0.15) is 53.3 Å². The maximum atomic E-state index is 14.9. The third-order valence-electron chi connectivity index (χ3n) is 15.5. The third kappa shape index (κ3) is 12.2. The first kappa shape index (κ1) is 61.5. The molecule has 0 aliphatic carbocycles. The third-order valence-corrected chi connectivity index (χ3v) is 16.7. The highest BCUT2D eigenvalue weighted by Gasteiger charge is 2.60. The van der Waals surface area contributed by atoms with Gasteiger partial charge in [0, 0.05) is 47.5 Å². The predicted octanol–water partition coefficient (Wildman–Crippen LogP) is 10.9. The van der Waals surface area contributed by atoms with Gasteiger partial charge in [-0.2, -0.15) is 26.3 Å². The van der Waals surface area contributed by atoms with Crippen LogP contribution in [-0.2, 0) is 43.7 Å². The number of alkyl halides is 6. The summed E-state index contributed by atoms with van der Waals surface area (Å²) in [5.74, 6) is 1.77. The van der Waals surface area contributed by atoms with Gasteiger partial charge in [0.15, 0.2) is 5.60 Å². The van der Waals surface area contributed by atoms with Gasteiger partial charge in [-0.1, -0.05) is 121 Å². The van der Waals surface area contributed by atoms with Crippen LogP contribution in [0, 0.1) is 13.8 Å². The number of aryl methyl sites for hydroxylation is 2. The first-order valence-corrected chi connectivity index (χ1v) is 28.7. The summed E-state index contributed by atoms with van der Waals surface area (Å²) in [6, 6.07) is 45.7. The minimum Gasteiger partial charge on any atom is -0.497 e. The number of benzene rings is 6. The van der Waals surface area contributed by atoms with Crippen LogP contribution in [-0.4, -0.2) is 89.4 Å². The molecule has 2 saturated heterocycles. The maximum absolute atomic E-state index is 14.9. The van der Waals surface area contributed by atoms with Crippen molar-refractivity contribution < 1.29 is 73.1 Å². The van der Waals surface area contributed by atoms with Crippen molar-refractivity contribution in [1.29, 1.82) is 0 Å². The molecule has 8 aromatic rings. The molecule has 25 heteroatoms. The molecule has 2 aromatic heterocycles. The van der Waals surface area contributed by atoms with Gasteiger partial charge in [0.05, 0.1) is 39.6 Å². The standard InChI is InChI=1S/C63H57F6N4O14P/c1-37-33-72(58(76)70-55(37)74)53-31-49(85-61(40-17-9-6-10-18-40)45-19-11-13-21-47(45)82-48-22-14-12-20-46(48)61)52(84-53)36-81-88(87-57(62(64,65)66)63(67,68)69)86-50-32-54(73-34-38(2)56(75)71-59(73)77)83-51(50)35-80-60(39-15-7-5-8-16-39,41-23-27-43(78-3)28-24-41)42-25-29-44(79-4)30-26-42/h5-30,33-34,49-54,57H,31-32,35-36H2,1-4H3,(H,70,74,76)(H,71,75,77)/t49-,50-,51+,52+,53+,54+,88?/m0/s1. The van der Waals surface area contributed by atoms with Crippen LogP contribution in [0.25, 0.3) is 0 Å². The molecule has 0 saturated carbocycles. The average molecular weight is 1240 g/mol. The summed E-state index contributed by atoms with van der Waals surface area (Å²) in [5.41, 5.74) is -3.07. The van der Waals surface area contributed by atoms with Crippen LogP contribution in [0.4, 0.5) is 26.3 Å². The Morgan fingerprint density at radius 2 is 1.02 bits per heavy atom. The van der Waals surface area contributed by atoms with Crippen LogP contribution >= 0.6 is 8.60 Å². The van der Waals surface area contributed by atoms with Gasteiger partial charge in [-0.3, -0.25) is 33.2 Å². The number of aromatic nitrogens is 4. The Kier molecular flexibility index (Phi) is 17.5. The van der Waals surface area contributed by atoms with Gasteiger partial charge in [0.25, 0.3) is 17.2 Å². The number of nitrogens with zero attached hydrogens (tertiary/aromatic N) is 2. The Hall–Kier alpha value is -8.19. The molecule has 3 aliphatic heterocycles. The largest absolute Gasteiger partial charge is 0.497 e. The predicted molar refractivity (Wildman–Crippen MR) is 306 cm³/mol.